The van der Waals surface area contributed by atoms with Gasteiger partial charge in [-0.1, -0.05) is 38.1 Å². The van der Waals surface area contributed by atoms with Gasteiger partial charge in [0.25, 0.3) is 5.91 Å². The molecule has 0 aromatic heterocycles. The first-order chi connectivity index (χ1) is 12.1. The van der Waals surface area contributed by atoms with E-state index in [0.29, 0.717) is 25.4 Å². The Morgan fingerprint density at radius 1 is 1.27 bits per heavy atom. The quantitative estimate of drug-likeness (QED) is 0.662. The molecule has 26 heavy (non-hydrogen) atoms. The van der Waals surface area contributed by atoms with Crippen molar-refractivity contribution in [3.8, 4) is 0 Å². The van der Waals surface area contributed by atoms with Crippen molar-refractivity contribution in [2.45, 2.75) is 44.8 Å². The van der Waals surface area contributed by atoms with Gasteiger partial charge in [0.2, 0.25) is 0 Å². The second kappa shape index (κ2) is 8.50. The number of carbonyl (C=O) groups is 1. The largest absolute Gasteiger partial charge is 0.379 e. The molecular weight excluding hydrogens is 352 g/mol. The molecule has 146 valence electrons. The number of benzene rings is 1. The van der Waals surface area contributed by atoms with Crippen molar-refractivity contribution >= 4 is 15.7 Å². The van der Waals surface area contributed by atoms with Gasteiger partial charge in [-0.3, -0.25) is 4.79 Å². The number of sulfone groups is 1. The normalized spacial score (nSPS) is 21.4. The average molecular weight is 383 g/mol. The Balaban J connectivity index is 1.95. The summed E-state index contributed by atoms with van der Waals surface area (Å²) in [6, 6.07) is 8.21. The number of rotatable bonds is 8. The molecule has 0 aliphatic carbocycles. The zero-order chi connectivity index (χ0) is 19.4. The van der Waals surface area contributed by atoms with Crippen LogP contribution in [0.3, 0.4) is 0 Å². The van der Waals surface area contributed by atoms with Crippen LogP contribution in [0.25, 0.3) is 0 Å². The summed E-state index contributed by atoms with van der Waals surface area (Å²) in [7, 11) is -3.06. The first kappa shape index (κ1) is 20.9. The van der Waals surface area contributed by atoms with Crippen LogP contribution in [0, 0.1) is 0 Å². The Bertz CT molecular complexity index is 716. The Morgan fingerprint density at radius 3 is 2.50 bits per heavy atom. The van der Waals surface area contributed by atoms with E-state index in [-0.39, 0.29) is 24.7 Å². The Labute approximate surface area is 156 Å². The van der Waals surface area contributed by atoms with Gasteiger partial charge in [-0.15, -0.1) is 0 Å². The van der Waals surface area contributed by atoms with Crippen LogP contribution in [0.4, 0.5) is 0 Å². The maximum Gasteiger partial charge on any atom is 0.256 e. The molecular formula is C19H30N2O4S. The Kier molecular flexibility index (Phi) is 6.82. The maximum absolute atomic E-state index is 12.7. The van der Waals surface area contributed by atoms with E-state index in [4.69, 9.17) is 0 Å². The summed E-state index contributed by atoms with van der Waals surface area (Å²) >= 11 is 0. The standard InChI is InChI=1S/C19H30N2O4S/c1-15(2)17-7-5-16(6-8-17)13-21-11-4-9-19(23,18(21)22)14-20-10-12-26(3,24)25/h5-8,15,20,23H,4,9-14H2,1-3H3/t19-/m0/s1. The fourth-order valence-electron chi connectivity index (χ4n) is 3.16. The smallest absolute Gasteiger partial charge is 0.256 e. The molecule has 1 aromatic rings. The number of hydrogen-bond donors (Lipinski definition) is 2. The molecule has 2 N–H and O–H groups in total. The van der Waals surface area contributed by atoms with E-state index < -0.39 is 15.4 Å². The lowest BCUT2D eigenvalue weighted by atomic mass is 9.91. The van der Waals surface area contributed by atoms with Gasteiger partial charge in [0, 0.05) is 32.4 Å². The van der Waals surface area contributed by atoms with Crippen LogP contribution in [0.15, 0.2) is 24.3 Å². The number of aliphatic hydroxyl groups is 1. The second-order valence-corrected chi connectivity index (χ2v) is 9.82. The third-order valence-corrected chi connectivity index (χ3v) is 5.74. The fraction of sp³-hybridized carbons (Fsp3) is 0.632. The highest BCUT2D eigenvalue weighted by Crippen LogP contribution is 2.24. The summed E-state index contributed by atoms with van der Waals surface area (Å²) < 4.78 is 22.3. The molecule has 0 saturated carbocycles. The molecule has 0 unspecified atom stereocenters. The Hall–Kier alpha value is -1.44. The topological polar surface area (TPSA) is 86.7 Å². The average Bonchev–Trinajstić information content (AvgIpc) is 2.56. The van der Waals surface area contributed by atoms with E-state index in [9.17, 15) is 18.3 Å². The van der Waals surface area contributed by atoms with Crippen LogP contribution in [-0.4, -0.2) is 61.6 Å². The highest BCUT2D eigenvalue weighted by atomic mass is 32.2. The van der Waals surface area contributed by atoms with E-state index in [1.54, 1.807) is 4.90 Å². The van der Waals surface area contributed by atoms with E-state index >= 15 is 0 Å². The second-order valence-electron chi connectivity index (χ2n) is 7.56. The minimum Gasteiger partial charge on any atom is -0.379 e. The number of nitrogens with zero attached hydrogens (tertiary/aromatic N) is 1. The van der Waals surface area contributed by atoms with Crippen LogP contribution < -0.4 is 5.32 Å². The molecule has 1 aromatic carbocycles. The predicted octanol–water partition coefficient (Wildman–Crippen LogP) is 1.30. The molecule has 1 aliphatic rings. The van der Waals surface area contributed by atoms with E-state index in [1.807, 2.05) is 12.1 Å². The van der Waals surface area contributed by atoms with Crippen molar-refractivity contribution in [1.82, 2.24) is 10.2 Å². The summed E-state index contributed by atoms with van der Waals surface area (Å²) in [5, 5.41) is 13.6. The first-order valence-electron chi connectivity index (χ1n) is 9.10. The zero-order valence-electron chi connectivity index (χ0n) is 15.9. The number of likely N-dealkylation sites (tertiary alicyclic amines) is 1. The molecule has 0 spiro atoms. The third-order valence-electron chi connectivity index (χ3n) is 4.79. The maximum atomic E-state index is 12.7. The monoisotopic (exact) mass is 382 g/mol. The number of amides is 1. The van der Waals surface area contributed by atoms with Gasteiger partial charge in [-0.25, -0.2) is 8.42 Å². The summed E-state index contributed by atoms with van der Waals surface area (Å²) in [5.74, 6) is 0.163. The highest BCUT2D eigenvalue weighted by molar-refractivity contribution is 7.90. The minimum atomic E-state index is -3.06. The molecule has 1 amide bonds. The minimum absolute atomic E-state index is 0.0107. The summed E-state index contributed by atoms with van der Waals surface area (Å²) in [6.45, 7) is 5.68. The molecule has 1 saturated heterocycles. The Morgan fingerprint density at radius 2 is 1.92 bits per heavy atom. The first-order valence-corrected chi connectivity index (χ1v) is 11.2. The lowest BCUT2D eigenvalue weighted by Gasteiger charge is -2.38. The summed E-state index contributed by atoms with van der Waals surface area (Å²) in [6.07, 6.45) is 2.28. The van der Waals surface area contributed by atoms with E-state index in [1.165, 1.54) is 11.8 Å². The molecule has 2 rings (SSSR count). The van der Waals surface area contributed by atoms with Gasteiger partial charge in [0.15, 0.2) is 5.60 Å². The van der Waals surface area contributed by atoms with Crippen molar-refractivity contribution in [3.05, 3.63) is 35.4 Å². The van der Waals surface area contributed by atoms with Crippen LogP contribution in [-0.2, 0) is 21.2 Å². The van der Waals surface area contributed by atoms with Crippen LogP contribution in [0.2, 0.25) is 0 Å². The predicted molar refractivity (Wildman–Crippen MR) is 103 cm³/mol. The molecule has 1 atom stereocenters. The summed E-state index contributed by atoms with van der Waals surface area (Å²) in [5.41, 5.74) is 0.829. The van der Waals surface area contributed by atoms with Crippen molar-refractivity contribution in [2.75, 3.05) is 31.6 Å². The summed E-state index contributed by atoms with van der Waals surface area (Å²) in [4.78, 5) is 14.4. The van der Waals surface area contributed by atoms with Gasteiger partial charge < -0.3 is 15.3 Å². The van der Waals surface area contributed by atoms with Crippen LogP contribution in [0.5, 0.6) is 0 Å². The van der Waals surface area contributed by atoms with Crippen molar-refractivity contribution in [3.63, 3.8) is 0 Å². The van der Waals surface area contributed by atoms with Crippen LogP contribution >= 0.6 is 0 Å². The van der Waals surface area contributed by atoms with Gasteiger partial charge in [-0.2, -0.15) is 0 Å². The molecule has 1 fully saturated rings. The highest BCUT2D eigenvalue weighted by Gasteiger charge is 2.41. The third kappa shape index (κ3) is 5.79. The van der Waals surface area contributed by atoms with Crippen molar-refractivity contribution in [1.29, 1.82) is 0 Å². The number of hydrogen-bond acceptors (Lipinski definition) is 5. The van der Waals surface area contributed by atoms with Crippen LogP contribution in [0.1, 0.15) is 43.7 Å². The number of carbonyl (C=O) groups excluding carboxylic acids is 1. The SMILES string of the molecule is CC(C)c1ccc(CN2CCC[C@](O)(CNCCS(C)(=O)=O)C2=O)cc1. The van der Waals surface area contributed by atoms with Crippen molar-refractivity contribution in [2.24, 2.45) is 0 Å². The lowest BCUT2D eigenvalue weighted by Crippen LogP contribution is -2.58. The van der Waals surface area contributed by atoms with Gasteiger partial charge in [-0.05, 0) is 29.9 Å². The van der Waals surface area contributed by atoms with Gasteiger partial charge in [0.05, 0.1) is 5.75 Å². The fourth-order valence-corrected chi connectivity index (χ4v) is 3.68. The van der Waals surface area contributed by atoms with Crippen molar-refractivity contribution < 1.29 is 18.3 Å². The molecule has 1 aliphatic heterocycles. The zero-order valence-corrected chi connectivity index (χ0v) is 16.7. The number of nitrogens with one attached hydrogen (secondary N) is 1. The molecule has 7 heteroatoms. The van der Waals surface area contributed by atoms with Gasteiger partial charge >= 0.3 is 0 Å². The molecule has 0 bridgehead atoms. The molecule has 0 radical (unpaired) electrons. The van der Waals surface area contributed by atoms with Gasteiger partial charge in [0.1, 0.15) is 9.84 Å². The molecule has 6 nitrogen and oxygen atoms in total. The lowest BCUT2D eigenvalue weighted by molar-refractivity contribution is -0.157. The van der Waals surface area contributed by atoms with E-state index in [2.05, 4.69) is 31.3 Å². The number of piperidine rings is 1. The van der Waals surface area contributed by atoms with E-state index in [0.717, 1.165) is 12.0 Å². The molecule has 1 heterocycles.